The quantitative estimate of drug-likeness (QED) is 0.553. The van der Waals surface area contributed by atoms with Gasteiger partial charge in [0.15, 0.2) is 0 Å². The van der Waals surface area contributed by atoms with Crippen LogP contribution in [-0.2, 0) is 9.47 Å². The molecule has 0 amide bonds. The van der Waals surface area contributed by atoms with Gasteiger partial charge in [0.2, 0.25) is 0 Å². The second-order valence-electron chi connectivity index (χ2n) is 6.33. The Hall–Kier alpha value is -1.94. The summed E-state index contributed by atoms with van der Waals surface area (Å²) in [5, 5.41) is 3.16. The van der Waals surface area contributed by atoms with Crippen molar-refractivity contribution >= 4 is 33.0 Å². The molecular weight excluding hydrogens is 446 g/mol. The number of nitrogens with two attached hydrogens (primary N) is 2. The number of ether oxygens (including phenoxy) is 2. The largest absolute Gasteiger partial charge is 0.396 e. The molecule has 2 heterocycles. The van der Waals surface area contributed by atoms with Crippen LogP contribution in [0.3, 0.4) is 0 Å². The van der Waals surface area contributed by atoms with Gasteiger partial charge < -0.3 is 31.2 Å². The molecule has 2 aromatic carbocycles. The van der Waals surface area contributed by atoms with E-state index in [9.17, 15) is 8.78 Å². The molecule has 0 radical (unpaired) electrons. The van der Waals surface area contributed by atoms with E-state index in [1.807, 2.05) is 0 Å². The fourth-order valence-corrected chi connectivity index (χ4v) is 2.96. The van der Waals surface area contributed by atoms with Gasteiger partial charge >= 0.3 is 0 Å². The molecule has 4 rings (SSSR count). The number of anilines is 3. The van der Waals surface area contributed by atoms with Gasteiger partial charge in [-0.15, -0.1) is 0 Å². The van der Waals surface area contributed by atoms with Crippen LogP contribution in [0.1, 0.15) is 0 Å². The SMILES string of the molecule is C1COCCN1.Nc1cc(Br)ccc1F.Nc1cc(N2CCOCC2)ccc1F. The number of morpholine rings is 2. The minimum atomic E-state index is -0.377. The van der Waals surface area contributed by atoms with Crippen molar-refractivity contribution in [1.29, 1.82) is 0 Å². The highest BCUT2D eigenvalue weighted by molar-refractivity contribution is 9.10. The van der Waals surface area contributed by atoms with Crippen molar-refractivity contribution in [2.24, 2.45) is 0 Å². The molecule has 0 aliphatic carbocycles. The zero-order valence-corrected chi connectivity index (χ0v) is 17.8. The van der Waals surface area contributed by atoms with Crippen LogP contribution >= 0.6 is 15.9 Å². The first kappa shape index (κ1) is 23.3. The lowest BCUT2D eigenvalue weighted by molar-refractivity contribution is 0.109. The molecule has 2 aliphatic heterocycles. The van der Waals surface area contributed by atoms with Crippen molar-refractivity contribution < 1.29 is 18.3 Å². The highest BCUT2D eigenvalue weighted by atomic mass is 79.9. The van der Waals surface area contributed by atoms with Crippen molar-refractivity contribution in [3.05, 3.63) is 52.5 Å². The zero-order chi connectivity index (χ0) is 21.1. The van der Waals surface area contributed by atoms with Crippen LogP contribution in [0.4, 0.5) is 25.8 Å². The van der Waals surface area contributed by atoms with Crippen molar-refractivity contribution in [3.8, 4) is 0 Å². The van der Waals surface area contributed by atoms with Crippen LogP contribution in [0.25, 0.3) is 0 Å². The number of nitrogens with one attached hydrogen (secondary N) is 1. The van der Waals surface area contributed by atoms with Crippen LogP contribution < -0.4 is 21.7 Å². The van der Waals surface area contributed by atoms with Gasteiger partial charge in [-0.05, 0) is 36.4 Å². The molecule has 2 aliphatic rings. The lowest BCUT2D eigenvalue weighted by Gasteiger charge is -2.29. The molecule has 5 N–H and O–H groups in total. The van der Waals surface area contributed by atoms with Crippen LogP contribution in [0.5, 0.6) is 0 Å². The van der Waals surface area contributed by atoms with Gasteiger partial charge in [-0.1, -0.05) is 15.9 Å². The second kappa shape index (κ2) is 12.6. The molecule has 6 nitrogen and oxygen atoms in total. The Morgan fingerprint density at radius 2 is 1.38 bits per heavy atom. The van der Waals surface area contributed by atoms with Gasteiger partial charge in [0, 0.05) is 36.3 Å². The van der Waals surface area contributed by atoms with Gasteiger partial charge in [0.25, 0.3) is 0 Å². The van der Waals surface area contributed by atoms with Gasteiger partial charge in [-0.3, -0.25) is 0 Å². The third-order valence-corrected chi connectivity index (χ3v) is 4.65. The van der Waals surface area contributed by atoms with E-state index in [0.29, 0.717) is 0 Å². The predicted molar refractivity (Wildman–Crippen MR) is 116 cm³/mol. The molecule has 0 bridgehead atoms. The smallest absolute Gasteiger partial charge is 0.146 e. The van der Waals surface area contributed by atoms with Gasteiger partial charge in [-0.25, -0.2) is 8.78 Å². The van der Waals surface area contributed by atoms with Crippen LogP contribution in [-0.4, -0.2) is 52.6 Å². The van der Waals surface area contributed by atoms with Gasteiger partial charge in [0.1, 0.15) is 11.6 Å². The Labute approximate surface area is 178 Å². The molecule has 0 unspecified atom stereocenters. The maximum absolute atomic E-state index is 12.9. The minimum Gasteiger partial charge on any atom is -0.396 e. The van der Waals surface area contributed by atoms with Gasteiger partial charge in [-0.2, -0.15) is 0 Å². The lowest BCUT2D eigenvalue weighted by atomic mass is 10.2. The summed E-state index contributed by atoms with van der Waals surface area (Å²) in [5.41, 5.74) is 12.0. The first-order valence-electron chi connectivity index (χ1n) is 9.34. The van der Waals surface area contributed by atoms with Crippen molar-refractivity contribution in [2.75, 3.05) is 69.0 Å². The minimum absolute atomic E-state index is 0.171. The van der Waals surface area contributed by atoms with E-state index in [-0.39, 0.29) is 23.0 Å². The van der Waals surface area contributed by atoms with Crippen LogP contribution in [0.15, 0.2) is 40.9 Å². The summed E-state index contributed by atoms with van der Waals surface area (Å²) in [4.78, 5) is 2.14. The molecule has 2 saturated heterocycles. The number of hydrogen-bond acceptors (Lipinski definition) is 6. The zero-order valence-electron chi connectivity index (χ0n) is 16.2. The molecule has 0 atom stereocenters. The summed E-state index contributed by atoms with van der Waals surface area (Å²) in [7, 11) is 0. The standard InChI is InChI=1S/C10H13FN2O.C6H5BrFN.C4H9NO/c11-9-2-1-8(7-10(9)12)13-3-5-14-6-4-13;7-4-1-2-5(8)6(9)3-4;1-3-6-4-2-5-1/h1-2,7H,3-6,12H2;1-3H,9H2;5H,1-4H2. The molecule has 0 saturated carbocycles. The number of halogens is 3. The average molecular weight is 473 g/mol. The van der Waals surface area contributed by atoms with E-state index < -0.39 is 0 Å². The molecule has 29 heavy (non-hydrogen) atoms. The fourth-order valence-electron chi connectivity index (χ4n) is 2.58. The second-order valence-corrected chi connectivity index (χ2v) is 7.25. The number of nitrogen functional groups attached to an aromatic ring is 2. The highest BCUT2D eigenvalue weighted by Crippen LogP contribution is 2.21. The topological polar surface area (TPSA) is 85.8 Å². The normalized spacial score (nSPS) is 16.2. The molecule has 160 valence electrons. The Balaban J connectivity index is 0.000000171. The van der Waals surface area contributed by atoms with Crippen molar-refractivity contribution in [2.45, 2.75) is 0 Å². The third-order valence-electron chi connectivity index (χ3n) is 4.16. The monoisotopic (exact) mass is 472 g/mol. The summed E-state index contributed by atoms with van der Waals surface area (Å²) in [6.45, 7) is 6.95. The summed E-state index contributed by atoms with van der Waals surface area (Å²) in [6, 6.07) is 9.26. The predicted octanol–water partition coefficient (Wildman–Crippen LogP) is 3.02. The number of hydrogen-bond donors (Lipinski definition) is 3. The van der Waals surface area contributed by atoms with Crippen LogP contribution in [0, 0.1) is 11.6 Å². The fraction of sp³-hybridized carbons (Fsp3) is 0.400. The van der Waals surface area contributed by atoms with Crippen molar-refractivity contribution in [1.82, 2.24) is 5.32 Å². The van der Waals surface area contributed by atoms with E-state index in [1.54, 1.807) is 18.2 Å². The first-order valence-corrected chi connectivity index (χ1v) is 10.1. The van der Waals surface area contributed by atoms with Gasteiger partial charge in [0.05, 0.1) is 37.8 Å². The van der Waals surface area contributed by atoms with Crippen LogP contribution in [0.2, 0.25) is 0 Å². The third kappa shape index (κ3) is 8.53. The molecule has 0 aromatic heterocycles. The summed E-state index contributed by atoms with van der Waals surface area (Å²) >= 11 is 3.15. The van der Waals surface area contributed by atoms with E-state index in [0.717, 1.165) is 62.8 Å². The summed E-state index contributed by atoms with van der Waals surface area (Å²) in [6.07, 6.45) is 0. The van der Waals surface area contributed by atoms with E-state index >= 15 is 0 Å². The highest BCUT2D eigenvalue weighted by Gasteiger charge is 2.11. The first-order chi connectivity index (χ1) is 14.0. The maximum atomic E-state index is 12.9. The lowest BCUT2D eigenvalue weighted by Crippen LogP contribution is -2.36. The van der Waals surface area contributed by atoms with E-state index in [2.05, 4.69) is 26.1 Å². The maximum Gasteiger partial charge on any atom is 0.146 e. The van der Waals surface area contributed by atoms with E-state index in [1.165, 1.54) is 18.2 Å². The summed E-state index contributed by atoms with van der Waals surface area (Å²) < 4.78 is 36.3. The summed E-state index contributed by atoms with van der Waals surface area (Å²) in [5.74, 6) is -0.736. The molecule has 0 spiro atoms. The average Bonchev–Trinajstić information content (AvgIpc) is 2.76. The Bertz CT molecular complexity index is 746. The van der Waals surface area contributed by atoms with Crippen molar-refractivity contribution in [3.63, 3.8) is 0 Å². The van der Waals surface area contributed by atoms with E-state index in [4.69, 9.17) is 20.9 Å². The molecular formula is C20H27BrF2N4O2. The Kier molecular flexibility index (Phi) is 10.1. The number of nitrogens with zero attached hydrogens (tertiary/aromatic N) is 1. The Morgan fingerprint density at radius 1 is 0.828 bits per heavy atom. The molecule has 2 fully saturated rings. The number of benzene rings is 2. The Morgan fingerprint density at radius 3 is 1.83 bits per heavy atom. The number of rotatable bonds is 1. The molecule has 9 heteroatoms. The molecule has 2 aromatic rings.